The Labute approximate surface area is 98.6 Å². The van der Waals surface area contributed by atoms with E-state index in [0.29, 0.717) is 12.8 Å². The number of aryl methyl sites for hydroxylation is 1. The van der Waals surface area contributed by atoms with Crippen LogP contribution >= 0.6 is 0 Å². The summed E-state index contributed by atoms with van der Waals surface area (Å²) in [6.07, 6.45) is -3.43. The molecular weight excluding hydrogens is 229 g/mol. The minimum atomic E-state index is -4.47. The van der Waals surface area contributed by atoms with E-state index in [1.807, 2.05) is 6.92 Å². The summed E-state index contributed by atoms with van der Waals surface area (Å²) in [5.41, 5.74) is -0.751. The van der Waals surface area contributed by atoms with Crippen LogP contribution in [0, 0.1) is 0 Å². The Kier molecular flexibility index (Phi) is 4.32. The molecule has 0 heterocycles. The molecule has 0 saturated carbocycles. The predicted octanol–water partition coefficient (Wildman–Crippen LogP) is 4.25. The van der Waals surface area contributed by atoms with Crippen LogP contribution in [0.3, 0.4) is 0 Å². The van der Waals surface area contributed by atoms with E-state index in [1.165, 1.54) is 18.2 Å². The number of carbonyl (C=O) groups is 1. The third kappa shape index (κ3) is 3.08. The third-order valence-electron chi connectivity index (χ3n) is 2.58. The first kappa shape index (κ1) is 13.7. The normalized spacial score (nSPS) is 11.6. The lowest BCUT2D eigenvalue weighted by Gasteiger charge is -2.16. The van der Waals surface area contributed by atoms with E-state index in [0.717, 1.165) is 0 Å². The van der Waals surface area contributed by atoms with Gasteiger partial charge in [0.25, 0.3) is 0 Å². The Morgan fingerprint density at radius 2 is 1.88 bits per heavy atom. The number of Topliss-reactive ketones (excluding diaryl/α,β-unsaturated/α-hetero) is 1. The molecule has 0 aromatic heterocycles. The van der Waals surface area contributed by atoms with E-state index in [1.54, 1.807) is 6.92 Å². The van der Waals surface area contributed by atoms with Gasteiger partial charge in [0.2, 0.25) is 0 Å². The van der Waals surface area contributed by atoms with Gasteiger partial charge >= 0.3 is 6.18 Å². The van der Waals surface area contributed by atoms with E-state index in [4.69, 9.17) is 0 Å². The molecule has 94 valence electrons. The van der Waals surface area contributed by atoms with Gasteiger partial charge in [-0.25, -0.2) is 0 Å². The molecule has 1 aromatic carbocycles. The molecule has 0 N–H and O–H groups in total. The maximum absolute atomic E-state index is 13.0. The maximum Gasteiger partial charge on any atom is 0.417 e. The predicted molar refractivity (Wildman–Crippen MR) is 60.1 cm³/mol. The quantitative estimate of drug-likeness (QED) is 0.723. The average molecular weight is 244 g/mol. The molecule has 0 saturated heterocycles. The highest BCUT2D eigenvalue weighted by Crippen LogP contribution is 2.35. The first-order valence-corrected chi connectivity index (χ1v) is 5.64. The molecule has 0 atom stereocenters. The highest BCUT2D eigenvalue weighted by atomic mass is 19.4. The molecule has 1 rings (SSSR count). The van der Waals surface area contributed by atoms with Crippen molar-refractivity contribution in [3.63, 3.8) is 0 Å². The van der Waals surface area contributed by atoms with E-state index in [2.05, 4.69) is 0 Å². The van der Waals surface area contributed by atoms with Crippen LogP contribution in [-0.4, -0.2) is 5.78 Å². The molecule has 17 heavy (non-hydrogen) atoms. The van der Waals surface area contributed by atoms with Crippen molar-refractivity contribution in [3.8, 4) is 0 Å². The fraction of sp³-hybridized carbons (Fsp3) is 0.462. The minimum absolute atomic E-state index is 0.0820. The number of hydrogen-bond acceptors (Lipinski definition) is 1. The number of alkyl halides is 3. The van der Waals surface area contributed by atoms with Gasteiger partial charge in [0.05, 0.1) is 5.56 Å². The van der Waals surface area contributed by atoms with Crippen molar-refractivity contribution in [3.05, 3.63) is 34.9 Å². The zero-order valence-corrected chi connectivity index (χ0v) is 9.90. The van der Waals surface area contributed by atoms with Crippen molar-refractivity contribution in [2.75, 3.05) is 0 Å². The lowest BCUT2D eigenvalue weighted by molar-refractivity contribution is -0.138. The molecule has 4 heteroatoms. The molecular formula is C13H15F3O. The summed E-state index contributed by atoms with van der Waals surface area (Å²) >= 11 is 0. The van der Waals surface area contributed by atoms with Gasteiger partial charge in [0.15, 0.2) is 5.78 Å². The van der Waals surface area contributed by atoms with E-state index >= 15 is 0 Å². The number of rotatable bonds is 4. The standard InChI is InChI=1S/C13H15F3O/c1-3-6-9-7-5-8-10(11(17)4-2)12(9)13(14,15)16/h5,7-8H,3-4,6H2,1-2H3. The van der Waals surface area contributed by atoms with Crippen LogP contribution in [0.4, 0.5) is 13.2 Å². The van der Waals surface area contributed by atoms with Crippen LogP contribution in [0.5, 0.6) is 0 Å². The van der Waals surface area contributed by atoms with Crippen molar-refractivity contribution >= 4 is 5.78 Å². The largest absolute Gasteiger partial charge is 0.417 e. The van der Waals surface area contributed by atoms with Crippen LogP contribution in [0.2, 0.25) is 0 Å². The second-order valence-corrected chi connectivity index (χ2v) is 3.86. The summed E-state index contributed by atoms with van der Waals surface area (Å²) in [7, 11) is 0. The number of halogens is 3. The zero-order valence-electron chi connectivity index (χ0n) is 9.90. The SMILES string of the molecule is CCCc1cccc(C(=O)CC)c1C(F)(F)F. The fourth-order valence-electron chi connectivity index (χ4n) is 1.84. The molecule has 0 radical (unpaired) electrons. The summed E-state index contributed by atoms with van der Waals surface area (Å²) in [6, 6.07) is 4.22. The van der Waals surface area contributed by atoms with Crippen LogP contribution in [0.15, 0.2) is 18.2 Å². The Bertz CT molecular complexity index is 408. The van der Waals surface area contributed by atoms with Crippen molar-refractivity contribution in [2.45, 2.75) is 39.3 Å². The van der Waals surface area contributed by atoms with Gasteiger partial charge in [-0.1, -0.05) is 38.5 Å². The van der Waals surface area contributed by atoms with Crippen LogP contribution in [0.1, 0.15) is 48.2 Å². The number of ketones is 1. The number of benzene rings is 1. The summed E-state index contributed by atoms with van der Waals surface area (Å²) in [6.45, 7) is 3.38. The summed E-state index contributed by atoms with van der Waals surface area (Å²) in [4.78, 5) is 11.5. The van der Waals surface area contributed by atoms with Gasteiger partial charge in [-0.05, 0) is 12.0 Å². The Hall–Kier alpha value is -1.32. The van der Waals surface area contributed by atoms with Gasteiger partial charge in [-0.3, -0.25) is 4.79 Å². The Morgan fingerprint density at radius 3 is 2.35 bits per heavy atom. The molecule has 0 bridgehead atoms. The van der Waals surface area contributed by atoms with Crippen molar-refractivity contribution in [2.24, 2.45) is 0 Å². The summed E-state index contributed by atoms with van der Waals surface area (Å²) in [5, 5.41) is 0. The second kappa shape index (κ2) is 5.34. The van der Waals surface area contributed by atoms with E-state index in [-0.39, 0.29) is 17.5 Å². The maximum atomic E-state index is 13.0. The van der Waals surface area contributed by atoms with Gasteiger partial charge in [-0.15, -0.1) is 0 Å². The minimum Gasteiger partial charge on any atom is -0.294 e. The molecule has 0 aliphatic heterocycles. The highest BCUT2D eigenvalue weighted by molar-refractivity contribution is 5.97. The molecule has 0 unspecified atom stereocenters. The second-order valence-electron chi connectivity index (χ2n) is 3.86. The molecule has 1 aromatic rings. The molecule has 0 fully saturated rings. The lowest BCUT2D eigenvalue weighted by Crippen LogP contribution is -2.16. The molecule has 0 spiro atoms. The fourth-order valence-corrected chi connectivity index (χ4v) is 1.84. The van der Waals surface area contributed by atoms with Gasteiger partial charge < -0.3 is 0 Å². The third-order valence-corrected chi connectivity index (χ3v) is 2.58. The number of hydrogen-bond donors (Lipinski definition) is 0. The molecule has 0 amide bonds. The topological polar surface area (TPSA) is 17.1 Å². The zero-order chi connectivity index (χ0) is 13.1. The number of carbonyl (C=O) groups excluding carboxylic acids is 1. The summed E-state index contributed by atoms with van der Waals surface area (Å²) < 4.78 is 38.9. The molecule has 0 aliphatic rings. The highest BCUT2D eigenvalue weighted by Gasteiger charge is 2.36. The van der Waals surface area contributed by atoms with E-state index in [9.17, 15) is 18.0 Å². The molecule has 1 nitrogen and oxygen atoms in total. The van der Waals surface area contributed by atoms with Crippen molar-refractivity contribution in [1.82, 2.24) is 0 Å². The monoisotopic (exact) mass is 244 g/mol. The first-order chi connectivity index (χ1) is 7.91. The Balaban J connectivity index is 3.40. The smallest absolute Gasteiger partial charge is 0.294 e. The van der Waals surface area contributed by atoms with Crippen molar-refractivity contribution in [1.29, 1.82) is 0 Å². The van der Waals surface area contributed by atoms with Gasteiger partial charge in [0, 0.05) is 12.0 Å². The van der Waals surface area contributed by atoms with Crippen molar-refractivity contribution < 1.29 is 18.0 Å². The van der Waals surface area contributed by atoms with Crippen LogP contribution < -0.4 is 0 Å². The van der Waals surface area contributed by atoms with Crippen LogP contribution in [0.25, 0.3) is 0 Å². The van der Waals surface area contributed by atoms with Crippen LogP contribution in [-0.2, 0) is 12.6 Å². The Morgan fingerprint density at radius 1 is 1.24 bits per heavy atom. The molecule has 0 aliphatic carbocycles. The lowest BCUT2D eigenvalue weighted by atomic mass is 9.94. The van der Waals surface area contributed by atoms with Gasteiger partial charge in [0.1, 0.15) is 0 Å². The van der Waals surface area contributed by atoms with Gasteiger partial charge in [-0.2, -0.15) is 13.2 Å². The van der Waals surface area contributed by atoms with E-state index < -0.39 is 17.5 Å². The average Bonchev–Trinajstić information content (AvgIpc) is 2.26. The summed E-state index contributed by atoms with van der Waals surface area (Å²) in [5.74, 6) is -0.463. The first-order valence-electron chi connectivity index (χ1n) is 5.64.